The first kappa shape index (κ1) is 20.5. The lowest BCUT2D eigenvalue weighted by Gasteiger charge is -2.14. The molecule has 0 spiro atoms. The molecule has 1 aliphatic carbocycles. The number of methoxy groups -OCH3 is 1. The van der Waals surface area contributed by atoms with Gasteiger partial charge in [-0.25, -0.2) is 0 Å². The predicted octanol–water partition coefficient (Wildman–Crippen LogP) is 3.88. The van der Waals surface area contributed by atoms with Crippen molar-refractivity contribution in [3.05, 3.63) is 59.7 Å². The molecule has 1 fully saturated rings. The summed E-state index contributed by atoms with van der Waals surface area (Å²) in [5, 5.41) is 8.75. The number of carbonyl (C=O) groups excluding carboxylic acids is 2. The third-order valence-electron chi connectivity index (χ3n) is 4.58. The lowest BCUT2D eigenvalue weighted by Crippen LogP contribution is -2.33. The number of rotatable bonds is 6. The second-order valence-electron chi connectivity index (χ2n) is 6.76. The van der Waals surface area contributed by atoms with Gasteiger partial charge in [-0.3, -0.25) is 14.9 Å². The summed E-state index contributed by atoms with van der Waals surface area (Å²) < 4.78 is 5.26. The third-order valence-corrected chi connectivity index (χ3v) is 4.78. The van der Waals surface area contributed by atoms with Gasteiger partial charge in [-0.05, 0) is 61.8 Å². The average Bonchev–Trinajstić information content (AvgIpc) is 3.55. The van der Waals surface area contributed by atoms with Crippen molar-refractivity contribution in [2.75, 3.05) is 17.7 Å². The van der Waals surface area contributed by atoms with E-state index in [1.165, 1.54) is 6.08 Å². The third kappa shape index (κ3) is 5.65. The SMILES string of the molecule is COc1ccccc1/C=C/C(=O)NC(=S)Nc1cccc(NC(=O)C2CC2)c1C. The van der Waals surface area contributed by atoms with Gasteiger partial charge < -0.3 is 15.4 Å². The van der Waals surface area contributed by atoms with Crippen LogP contribution in [0.4, 0.5) is 11.4 Å². The van der Waals surface area contributed by atoms with E-state index in [1.54, 1.807) is 13.2 Å². The van der Waals surface area contributed by atoms with Gasteiger partial charge in [-0.15, -0.1) is 0 Å². The van der Waals surface area contributed by atoms with Crippen molar-refractivity contribution in [2.24, 2.45) is 5.92 Å². The normalized spacial score (nSPS) is 13.0. The second kappa shape index (κ2) is 9.34. The summed E-state index contributed by atoms with van der Waals surface area (Å²) in [4.78, 5) is 24.2. The van der Waals surface area contributed by atoms with Gasteiger partial charge in [0.25, 0.3) is 0 Å². The Balaban J connectivity index is 1.59. The Labute approximate surface area is 175 Å². The Bertz CT molecular complexity index is 968. The topological polar surface area (TPSA) is 79.5 Å². The van der Waals surface area contributed by atoms with E-state index in [9.17, 15) is 9.59 Å². The number of para-hydroxylation sites is 1. The predicted molar refractivity (Wildman–Crippen MR) is 119 cm³/mol. The number of amides is 2. The molecule has 1 aliphatic rings. The molecule has 0 aromatic heterocycles. The van der Waals surface area contributed by atoms with Crippen molar-refractivity contribution in [3.63, 3.8) is 0 Å². The Kier molecular flexibility index (Phi) is 6.61. The second-order valence-corrected chi connectivity index (χ2v) is 7.17. The van der Waals surface area contributed by atoms with Crippen molar-refractivity contribution in [3.8, 4) is 5.75 Å². The highest BCUT2D eigenvalue weighted by Crippen LogP contribution is 2.31. The first-order valence-corrected chi connectivity index (χ1v) is 9.72. The Hall–Kier alpha value is -3.19. The van der Waals surface area contributed by atoms with Crippen molar-refractivity contribution < 1.29 is 14.3 Å². The molecule has 2 aromatic rings. The number of benzene rings is 2. The van der Waals surface area contributed by atoms with E-state index in [2.05, 4.69) is 16.0 Å². The lowest BCUT2D eigenvalue weighted by atomic mass is 10.1. The highest BCUT2D eigenvalue weighted by Gasteiger charge is 2.29. The van der Waals surface area contributed by atoms with Crippen molar-refractivity contribution in [1.82, 2.24) is 5.32 Å². The molecule has 0 unspecified atom stereocenters. The van der Waals surface area contributed by atoms with E-state index in [0.717, 1.165) is 35.3 Å². The summed E-state index contributed by atoms with van der Waals surface area (Å²) in [5.74, 6) is 0.492. The van der Waals surface area contributed by atoms with Crippen LogP contribution in [0.3, 0.4) is 0 Å². The van der Waals surface area contributed by atoms with Gasteiger partial charge in [0, 0.05) is 28.9 Å². The molecule has 6 nitrogen and oxygen atoms in total. The quantitative estimate of drug-likeness (QED) is 0.498. The van der Waals surface area contributed by atoms with Crippen molar-refractivity contribution in [2.45, 2.75) is 19.8 Å². The Morgan fingerprint density at radius 3 is 2.45 bits per heavy atom. The maximum atomic E-state index is 12.2. The molecule has 0 bridgehead atoms. The molecule has 0 atom stereocenters. The zero-order valence-electron chi connectivity index (χ0n) is 16.3. The van der Waals surface area contributed by atoms with E-state index in [0.29, 0.717) is 5.75 Å². The number of hydrogen-bond acceptors (Lipinski definition) is 4. The van der Waals surface area contributed by atoms with Crippen LogP contribution in [0.25, 0.3) is 6.08 Å². The van der Waals surface area contributed by atoms with Crippen LogP contribution in [0.5, 0.6) is 5.75 Å². The fourth-order valence-electron chi connectivity index (χ4n) is 2.76. The summed E-state index contributed by atoms with van der Waals surface area (Å²) in [7, 11) is 1.58. The van der Waals surface area contributed by atoms with Gasteiger partial charge in [-0.1, -0.05) is 24.3 Å². The molecule has 2 amide bonds. The van der Waals surface area contributed by atoms with Gasteiger partial charge in [0.15, 0.2) is 5.11 Å². The fourth-order valence-corrected chi connectivity index (χ4v) is 2.97. The average molecular weight is 410 g/mol. The van der Waals surface area contributed by atoms with E-state index < -0.39 is 0 Å². The molecule has 1 saturated carbocycles. The summed E-state index contributed by atoms with van der Waals surface area (Å²) >= 11 is 5.25. The zero-order chi connectivity index (χ0) is 20.8. The molecule has 0 radical (unpaired) electrons. The molecule has 3 N–H and O–H groups in total. The molecule has 0 saturated heterocycles. The fraction of sp³-hybridized carbons (Fsp3) is 0.227. The van der Waals surface area contributed by atoms with E-state index in [4.69, 9.17) is 17.0 Å². The molecule has 150 valence electrons. The number of thiocarbonyl (C=S) groups is 1. The minimum atomic E-state index is -0.357. The van der Waals surface area contributed by atoms with Crippen LogP contribution in [-0.2, 0) is 9.59 Å². The first-order valence-electron chi connectivity index (χ1n) is 9.31. The summed E-state index contributed by atoms with van der Waals surface area (Å²) in [6, 6.07) is 12.9. The van der Waals surface area contributed by atoms with Gasteiger partial charge in [0.1, 0.15) is 5.75 Å². The number of carbonyl (C=O) groups is 2. The molecule has 7 heteroatoms. The standard InChI is InChI=1S/C22H23N3O3S/c1-14-17(23-21(27)16-10-11-16)7-5-8-18(14)24-22(29)25-20(26)13-12-15-6-3-4-9-19(15)28-2/h3-9,12-13,16H,10-11H2,1-2H3,(H,23,27)(H2,24,25,26,29)/b13-12+. The zero-order valence-corrected chi connectivity index (χ0v) is 17.1. The van der Waals surface area contributed by atoms with Crippen LogP contribution in [-0.4, -0.2) is 24.0 Å². The minimum Gasteiger partial charge on any atom is -0.496 e. The van der Waals surface area contributed by atoms with Crippen molar-refractivity contribution in [1.29, 1.82) is 0 Å². The van der Waals surface area contributed by atoms with E-state index in [-0.39, 0.29) is 22.8 Å². The number of anilines is 2. The summed E-state index contributed by atoms with van der Waals surface area (Å²) in [6.45, 7) is 1.89. The maximum absolute atomic E-state index is 12.2. The lowest BCUT2D eigenvalue weighted by molar-refractivity contribution is -0.117. The highest BCUT2D eigenvalue weighted by molar-refractivity contribution is 7.80. The maximum Gasteiger partial charge on any atom is 0.250 e. The molecule has 2 aromatic carbocycles. The smallest absolute Gasteiger partial charge is 0.250 e. The van der Waals surface area contributed by atoms with Crippen molar-refractivity contribution >= 4 is 46.6 Å². The van der Waals surface area contributed by atoms with Gasteiger partial charge >= 0.3 is 0 Å². The molecular formula is C22H23N3O3S. The van der Waals surface area contributed by atoms with Gasteiger partial charge in [0.05, 0.1) is 7.11 Å². The van der Waals surface area contributed by atoms with Gasteiger partial charge in [0.2, 0.25) is 11.8 Å². The summed E-state index contributed by atoms with van der Waals surface area (Å²) in [6.07, 6.45) is 4.95. The number of ether oxygens (including phenoxy) is 1. The Morgan fingerprint density at radius 1 is 1.07 bits per heavy atom. The number of nitrogens with one attached hydrogen (secondary N) is 3. The monoisotopic (exact) mass is 409 g/mol. The minimum absolute atomic E-state index is 0.0441. The van der Waals surface area contributed by atoms with E-state index >= 15 is 0 Å². The van der Waals surface area contributed by atoms with Crippen LogP contribution < -0.4 is 20.7 Å². The van der Waals surface area contributed by atoms with Crippen LogP contribution in [0.1, 0.15) is 24.0 Å². The molecule has 0 heterocycles. The number of hydrogen-bond donors (Lipinski definition) is 3. The van der Waals surface area contributed by atoms with E-state index in [1.807, 2.05) is 49.4 Å². The summed E-state index contributed by atoms with van der Waals surface area (Å²) in [5.41, 5.74) is 3.09. The first-order chi connectivity index (χ1) is 14.0. The van der Waals surface area contributed by atoms with Crippen LogP contribution >= 0.6 is 12.2 Å². The highest BCUT2D eigenvalue weighted by atomic mass is 32.1. The van der Waals surface area contributed by atoms with Crippen LogP contribution in [0, 0.1) is 12.8 Å². The molecule has 3 rings (SSSR count). The molecule has 0 aliphatic heterocycles. The largest absolute Gasteiger partial charge is 0.496 e. The van der Waals surface area contributed by atoms with Crippen LogP contribution in [0.15, 0.2) is 48.5 Å². The Morgan fingerprint density at radius 2 is 1.76 bits per heavy atom. The molecule has 29 heavy (non-hydrogen) atoms. The molecular weight excluding hydrogens is 386 g/mol. The van der Waals surface area contributed by atoms with Gasteiger partial charge in [-0.2, -0.15) is 0 Å². The van der Waals surface area contributed by atoms with Crippen LogP contribution in [0.2, 0.25) is 0 Å².